The van der Waals surface area contributed by atoms with Gasteiger partial charge in [-0.15, -0.1) is 0 Å². The summed E-state index contributed by atoms with van der Waals surface area (Å²) in [7, 11) is 0. The van der Waals surface area contributed by atoms with Crippen LogP contribution in [0.2, 0.25) is 0 Å². The Bertz CT molecular complexity index is 51.3. The predicted octanol–water partition coefficient (Wildman–Crippen LogP) is 3.90. The molecule has 0 spiro atoms. The van der Waals surface area contributed by atoms with Crippen LogP contribution in [-0.4, -0.2) is 6.61 Å². The fourth-order valence-electron chi connectivity index (χ4n) is 0.278. The van der Waals surface area contributed by atoms with E-state index in [-0.39, 0.29) is 3.43 Å². The second kappa shape index (κ2) is 6.96. The molecule has 0 aromatic heterocycles. The minimum absolute atomic E-state index is 0.172. The minimum Gasteiger partial charge on any atom is -0.340 e. The average Bonchev–Trinajstić information content (AvgIpc) is 1.66. The lowest BCUT2D eigenvalue weighted by atomic mass is 10.4. The van der Waals surface area contributed by atoms with Crippen molar-refractivity contribution in [3.8, 4) is 0 Å². The average molecular weight is 358 g/mol. The van der Waals surface area contributed by atoms with Crippen LogP contribution in [0.3, 0.4) is 0 Å². The largest absolute Gasteiger partial charge is 0.340 e. The third-order valence-corrected chi connectivity index (χ3v) is 2.74. The van der Waals surface area contributed by atoms with E-state index in [0.29, 0.717) is 0 Å². The molecule has 0 aromatic carbocycles. The topological polar surface area (TPSA) is 9.23 Å². The lowest BCUT2D eigenvalue weighted by Gasteiger charge is -2.00. The van der Waals surface area contributed by atoms with E-state index >= 15 is 0 Å². The molecule has 0 fully saturated rings. The minimum atomic E-state index is -0.172. The molecule has 0 amide bonds. The summed E-state index contributed by atoms with van der Waals surface area (Å²) >= 11 is 4.62. The summed E-state index contributed by atoms with van der Waals surface area (Å²) in [5.74, 6) is 0. The quantitative estimate of drug-likeness (QED) is 0.421. The van der Waals surface area contributed by atoms with Crippen molar-refractivity contribution in [3.63, 3.8) is 0 Å². The first kappa shape index (κ1) is 9.85. The Hall–Kier alpha value is 1.85. The fourth-order valence-corrected chi connectivity index (χ4v) is 1.73. The van der Waals surface area contributed by atoms with Crippen LogP contribution in [0.25, 0.3) is 0 Å². The van der Waals surface area contributed by atoms with Gasteiger partial charge in [-0.3, -0.25) is 0 Å². The summed E-state index contributed by atoms with van der Waals surface area (Å²) in [5.41, 5.74) is 0. The van der Waals surface area contributed by atoms with Gasteiger partial charge in [0.25, 0.3) is 0 Å². The molecule has 0 saturated carbocycles. The highest BCUT2D eigenvalue weighted by molar-refractivity contribution is 14.3. The summed E-state index contributed by atoms with van der Waals surface area (Å²) in [6, 6.07) is 0. The number of halogens is 2. The van der Waals surface area contributed by atoms with E-state index in [9.17, 15) is 0 Å². The first-order valence-corrected chi connectivity index (χ1v) is 9.35. The smallest absolute Gasteiger partial charge is 0.159 e. The molecule has 0 bridgehead atoms. The van der Waals surface area contributed by atoms with Gasteiger partial charge < -0.3 is 4.52 Å². The van der Waals surface area contributed by atoms with Gasteiger partial charge in [-0.25, -0.2) is 0 Å². The SMILES string of the molecule is CCCCOP(I)I. The first-order chi connectivity index (χ1) is 3.77. The van der Waals surface area contributed by atoms with Crippen LogP contribution >= 0.6 is 47.5 Å². The molecule has 0 N–H and O–H groups in total. The molecule has 0 aliphatic carbocycles. The van der Waals surface area contributed by atoms with Gasteiger partial charge in [-0.1, -0.05) is 13.3 Å². The van der Waals surface area contributed by atoms with Gasteiger partial charge in [0.2, 0.25) is 0 Å². The molecule has 50 valence electrons. The monoisotopic (exact) mass is 358 g/mol. The van der Waals surface area contributed by atoms with Crippen molar-refractivity contribution in [2.45, 2.75) is 19.8 Å². The third kappa shape index (κ3) is 7.85. The van der Waals surface area contributed by atoms with Gasteiger partial charge in [-0.2, -0.15) is 0 Å². The van der Waals surface area contributed by atoms with E-state index in [1.54, 1.807) is 0 Å². The van der Waals surface area contributed by atoms with Crippen LogP contribution in [0.1, 0.15) is 19.8 Å². The zero-order valence-corrected chi connectivity index (χ0v) is 9.94. The molecular weight excluding hydrogens is 349 g/mol. The summed E-state index contributed by atoms with van der Waals surface area (Å²) in [6.45, 7) is 3.11. The molecule has 1 nitrogen and oxygen atoms in total. The lowest BCUT2D eigenvalue weighted by Crippen LogP contribution is -1.81. The van der Waals surface area contributed by atoms with Crippen LogP contribution in [0.15, 0.2) is 0 Å². The summed E-state index contributed by atoms with van der Waals surface area (Å²) in [4.78, 5) is 0. The number of rotatable bonds is 4. The van der Waals surface area contributed by atoms with Crippen molar-refractivity contribution < 1.29 is 4.52 Å². The maximum Gasteiger partial charge on any atom is 0.159 e. The zero-order valence-electron chi connectivity index (χ0n) is 4.73. The van der Waals surface area contributed by atoms with Crippen LogP contribution in [0.5, 0.6) is 0 Å². The van der Waals surface area contributed by atoms with Gasteiger partial charge in [0.05, 0.1) is 6.61 Å². The van der Waals surface area contributed by atoms with E-state index in [1.807, 2.05) is 0 Å². The fraction of sp³-hybridized carbons (Fsp3) is 1.00. The summed E-state index contributed by atoms with van der Waals surface area (Å²) in [5, 5.41) is 0. The molecule has 0 saturated heterocycles. The van der Waals surface area contributed by atoms with E-state index in [0.717, 1.165) is 6.61 Å². The Morgan fingerprint density at radius 1 is 1.50 bits per heavy atom. The third-order valence-electron chi connectivity index (χ3n) is 0.687. The molecule has 0 heterocycles. The number of unbranched alkanes of at least 4 members (excludes halogenated alkanes) is 1. The van der Waals surface area contributed by atoms with Crippen molar-refractivity contribution in [2.75, 3.05) is 6.61 Å². The van der Waals surface area contributed by atoms with Crippen molar-refractivity contribution >= 4 is 47.5 Å². The maximum absolute atomic E-state index is 5.32. The molecule has 4 heteroatoms. The Morgan fingerprint density at radius 2 is 2.12 bits per heavy atom. The van der Waals surface area contributed by atoms with Gasteiger partial charge in [0, 0.05) is 0 Å². The Morgan fingerprint density at radius 3 is 2.50 bits per heavy atom. The highest BCUT2D eigenvalue weighted by atomic mass is 127. The second-order valence-electron chi connectivity index (χ2n) is 1.39. The van der Waals surface area contributed by atoms with Gasteiger partial charge in [-0.05, 0) is 50.5 Å². The van der Waals surface area contributed by atoms with E-state index < -0.39 is 0 Å². The lowest BCUT2D eigenvalue weighted by molar-refractivity contribution is 0.358. The molecule has 0 rings (SSSR count). The van der Waals surface area contributed by atoms with Crippen LogP contribution in [0, 0.1) is 0 Å². The van der Waals surface area contributed by atoms with Crippen molar-refractivity contribution in [1.82, 2.24) is 0 Å². The Kier molecular flexibility index (Phi) is 8.57. The van der Waals surface area contributed by atoms with Crippen LogP contribution < -0.4 is 0 Å². The normalized spacial score (nSPS) is 10.5. The van der Waals surface area contributed by atoms with Crippen molar-refractivity contribution in [1.29, 1.82) is 0 Å². The molecular formula is C4H9I2OP. The number of hydrogen-bond donors (Lipinski definition) is 0. The summed E-state index contributed by atoms with van der Waals surface area (Å²) in [6.07, 6.45) is 2.43. The maximum atomic E-state index is 5.32. The predicted molar refractivity (Wildman–Crippen MR) is 55.8 cm³/mol. The van der Waals surface area contributed by atoms with Gasteiger partial charge in [0.1, 0.15) is 0 Å². The van der Waals surface area contributed by atoms with E-state index in [2.05, 4.69) is 51.0 Å². The van der Waals surface area contributed by atoms with Crippen molar-refractivity contribution in [3.05, 3.63) is 0 Å². The van der Waals surface area contributed by atoms with Gasteiger partial charge >= 0.3 is 0 Å². The highest BCUT2D eigenvalue weighted by Crippen LogP contribution is 2.54. The second-order valence-corrected chi connectivity index (χ2v) is 12.8. The van der Waals surface area contributed by atoms with Crippen molar-refractivity contribution in [2.24, 2.45) is 0 Å². The van der Waals surface area contributed by atoms with Crippen LogP contribution in [-0.2, 0) is 4.52 Å². The Balaban J connectivity index is 2.72. The molecule has 0 radical (unpaired) electrons. The zero-order chi connectivity index (χ0) is 6.41. The molecule has 0 atom stereocenters. The molecule has 0 aliphatic heterocycles. The van der Waals surface area contributed by atoms with Gasteiger partial charge in [0.15, 0.2) is 3.43 Å². The molecule has 0 aliphatic rings. The van der Waals surface area contributed by atoms with Crippen LogP contribution in [0.4, 0.5) is 0 Å². The van der Waals surface area contributed by atoms with E-state index in [4.69, 9.17) is 4.52 Å². The highest BCUT2D eigenvalue weighted by Gasteiger charge is 1.93. The molecule has 8 heavy (non-hydrogen) atoms. The van der Waals surface area contributed by atoms with E-state index in [1.165, 1.54) is 12.8 Å². The summed E-state index contributed by atoms with van der Waals surface area (Å²) < 4.78 is 5.15. The standard InChI is InChI=1S/C4H9I2OP/c1-2-3-4-7-8(5)6/h2-4H2,1H3. The first-order valence-electron chi connectivity index (χ1n) is 2.52. The molecule has 0 aromatic rings. The number of hydrogen-bond acceptors (Lipinski definition) is 1. The molecule has 0 unspecified atom stereocenters. The Labute approximate surface area is 77.7 Å².